The highest BCUT2D eigenvalue weighted by Crippen LogP contribution is 2.07. The van der Waals surface area contributed by atoms with Crippen LogP contribution in [0.4, 0.5) is 0 Å². The van der Waals surface area contributed by atoms with E-state index in [-0.39, 0.29) is 24.1 Å². The van der Waals surface area contributed by atoms with Crippen molar-refractivity contribution in [2.75, 3.05) is 13.1 Å². The second-order valence-corrected chi connectivity index (χ2v) is 4.02. The number of nitrogens with two attached hydrogens (primary N) is 1. The van der Waals surface area contributed by atoms with Gasteiger partial charge in [-0.3, -0.25) is 9.59 Å². The second-order valence-electron chi connectivity index (χ2n) is 4.02. The van der Waals surface area contributed by atoms with Crippen LogP contribution in [-0.2, 0) is 4.79 Å². The molecule has 0 aliphatic rings. The van der Waals surface area contributed by atoms with Gasteiger partial charge in [-0.15, -0.1) is 0 Å². The van der Waals surface area contributed by atoms with Crippen molar-refractivity contribution in [3.8, 4) is 0 Å². The molecule has 1 rings (SSSR count). The number of carbonyl (C=O) groups excluding carboxylic acids is 2. The number of nitrogens with zero attached hydrogens (tertiary/aromatic N) is 1. The highest BCUT2D eigenvalue weighted by molar-refractivity contribution is 5.94. The Bertz CT molecular complexity index is 357. The first-order chi connectivity index (χ1) is 7.50. The van der Waals surface area contributed by atoms with Gasteiger partial charge in [-0.2, -0.15) is 0 Å². The molecule has 88 valence electrons. The van der Waals surface area contributed by atoms with E-state index in [1.54, 1.807) is 12.1 Å². The van der Waals surface area contributed by atoms with Crippen LogP contribution in [0.15, 0.2) is 22.8 Å². The molecule has 2 N–H and O–H groups in total. The summed E-state index contributed by atoms with van der Waals surface area (Å²) in [6.07, 6.45) is 1.42. The third kappa shape index (κ3) is 3.42. The van der Waals surface area contributed by atoms with Gasteiger partial charge in [0.1, 0.15) is 0 Å². The Morgan fingerprint density at radius 3 is 2.62 bits per heavy atom. The van der Waals surface area contributed by atoms with Crippen LogP contribution in [0.3, 0.4) is 0 Å². The monoisotopic (exact) mass is 224 g/mol. The van der Waals surface area contributed by atoms with Crippen molar-refractivity contribution in [1.29, 1.82) is 0 Å². The Kier molecular flexibility index (Phi) is 4.10. The molecule has 0 aliphatic heterocycles. The van der Waals surface area contributed by atoms with Gasteiger partial charge in [-0.05, 0) is 18.1 Å². The average molecular weight is 224 g/mol. The van der Waals surface area contributed by atoms with Gasteiger partial charge in [0.15, 0.2) is 5.76 Å². The number of hydrogen-bond acceptors (Lipinski definition) is 3. The predicted molar refractivity (Wildman–Crippen MR) is 58.6 cm³/mol. The number of carbonyl (C=O) groups is 2. The number of rotatable bonds is 5. The Morgan fingerprint density at radius 1 is 1.50 bits per heavy atom. The summed E-state index contributed by atoms with van der Waals surface area (Å²) in [4.78, 5) is 24.2. The van der Waals surface area contributed by atoms with Crippen molar-refractivity contribution in [2.45, 2.75) is 13.8 Å². The van der Waals surface area contributed by atoms with Crippen molar-refractivity contribution in [3.63, 3.8) is 0 Å². The van der Waals surface area contributed by atoms with Gasteiger partial charge >= 0.3 is 0 Å². The zero-order valence-corrected chi connectivity index (χ0v) is 9.47. The zero-order valence-electron chi connectivity index (χ0n) is 9.47. The summed E-state index contributed by atoms with van der Waals surface area (Å²) >= 11 is 0. The molecule has 5 nitrogen and oxygen atoms in total. The highest BCUT2D eigenvalue weighted by atomic mass is 16.3. The molecule has 0 radical (unpaired) electrons. The van der Waals surface area contributed by atoms with Gasteiger partial charge in [-0.1, -0.05) is 13.8 Å². The largest absolute Gasteiger partial charge is 0.459 e. The van der Waals surface area contributed by atoms with Crippen LogP contribution >= 0.6 is 0 Å². The Morgan fingerprint density at radius 2 is 2.19 bits per heavy atom. The van der Waals surface area contributed by atoms with Crippen molar-refractivity contribution in [2.24, 2.45) is 11.7 Å². The van der Waals surface area contributed by atoms with Gasteiger partial charge in [0, 0.05) is 6.54 Å². The molecule has 0 fully saturated rings. The number of primary amides is 1. The van der Waals surface area contributed by atoms with Crippen molar-refractivity contribution < 1.29 is 14.0 Å². The first kappa shape index (κ1) is 12.3. The summed E-state index contributed by atoms with van der Waals surface area (Å²) in [6.45, 7) is 4.31. The summed E-state index contributed by atoms with van der Waals surface area (Å²) < 4.78 is 5.00. The third-order valence-corrected chi connectivity index (χ3v) is 1.95. The van der Waals surface area contributed by atoms with Gasteiger partial charge in [-0.25, -0.2) is 0 Å². The fourth-order valence-corrected chi connectivity index (χ4v) is 1.40. The molecule has 0 unspecified atom stereocenters. The molecule has 0 atom stereocenters. The summed E-state index contributed by atoms with van der Waals surface area (Å²) in [6, 6.07) is 3.20. The lowest BCUT2D eigenvalue weighted by molar-refractivity contribution is -0.118. The standard InChI is InChI=1S/C11H16N2O3/c1-8(2)6-13(7-10(12)14)11(15)9-4-3-5-16-9/h3-5,8H,6-7H2,1-2H3,(H2,12,14). The molecular weight excluding hydrogens is 208 g/mol. The molecule has 0 aromatic carbocycles. The van der Waals surface area contributed by atoms with E-state index in [9.17, 15) is 9.59 Å². The molecular formula is C11H16N2O3. The van der Waals surface area contributed by atoms with Crippen LogP contribution in [0, 0.1) is 5.92 Å². The molecule has 1 heterocycles. The van der Waals surface area contributed by atoms with Crippen LogP contribution in [0.5, 0.6) is 0 Å². The molecule has 0 spiro atoms. The highest BCUT2D eigenvalue weighted by Gasteiger charge is 2.20. The van der Waals surface area contributed by atoms with E-state index < -0.39 is 5.91 Å². The van der Waals surface area contributed by atoms with Crippen molar-refractivity contribution >= 4 is 11.8 Å². The van der Waals surface area contributed by atoms with Crippen molar-refractivity contribution in [1.82, 2.24) is 4.90 Å². The lowest BCUT2D eigenvalue weighted by Crippen LogP contribution is -2.40. The summed E-state index contributed by atoms with van der Waals surface area (Å²) in [5.74, 6) is -0.349. The topological polar surface area (TPSA) is 76.5 Å². The van der Waals surface area contributed by atoms with E-state index in [2.05, 4.69) is 0 Å². The number of furan rings is 1. The molecule has 5 heteroatoms. The maximum atomic E-state index is 11.9. The quantitative estimate of drug-likeness (QED) is 0.806. The third-order valence-electron chi connectivity index (χ3n) is 1.95. The van der Waals surface area contributed by atoms with E-state index in [0.29, 0.717) is 6.54 Å². The normalized spacial score (nSPS) is 10.4. The Labute approximate surface area is 94.2 Å². The molecule has 1 aromatic rings. The van der Waals surface area contributed by atoms with Crippen LogP contribution < -0.4 is 5.73 Å². The van der Waals surface area contributed by atoms with Gasteiger partial charge in [0.05, 0.1) is 12.8 Å². The Hall–Kier alpha value is -1.78. The summed E-state index contributed by atoms with van der Waals surface area (Å²) in [7, 11) is 0. The van der Waals surface area contributed by atoms with E-state index in [1.807, 2.05) is 13.8 Å². The summed E-state index contributed by atoms with van der Waals surface area (Å²) in [5, 5.41) is 0. The molecule has 16 heavy (non-hydrogen) atoms. The van der Waals surface area contributed by atoms with Crippen LogP contribution in [-0.4, -0.2) is 29.8 Å². The maximum Gasteiger partial charge on any atom is 0.290 e. The molecule has 1 aromatic heterocycles. The molecule has 0 bridgehead atoms. The van der Waals surface area contributed by atoms with Crippen LogP contribution in [0.25, 0.3) is 0 Å². The van der Waals surface area contributed by atoms with E-state index in [1.165, 1.54) is 11.2 Å². The predicted octanol–water partition coefficient (Wildman–Crippen LogP) is 0.863. The zero-order chi connectivity index (χ0) is 12.1. The van der Waals surface area contributed by atoms with Gasteiger partial charge < -0.3 is 15.1 Å². The lowest BCUT2D eigenvalue weighted by Gasteiger charge is -2.21. The molecule has 0 saturated heterocycles. The minimum absolute atomic E-state index is 0.0856. The first-order valence-corrected chi connectivity index (χ1v) is 5.11. The second kappa shape index (κ2) is 5.34. The van der Waals surface area contributed by atoms with E-state index >= 15 is 0 Å². The number of amides is 2. The molecule has 0 aliphatic carbocycles. The lowest BCUT2D eigenvalue weighted by atomic mass is 10.2. The van der Waals surface area contributed by atoms with E-state index in [0.717, 1.165) is 0 Å². The fraction of sp³-hybridized carbons (Fsp3) is 0.455. The summed E-state index contributed by atoms with van der Waals surface area (Å²) in [5.41, 5.74) is 5.10. The molecule has 2 amide bonds. The molecule has 0 saturated carbocycles. The van der Waals surface area contributed by atoms with Crippen molar-refractivity contribution in [3.05, 3.63) is 24.2 Å². The smallest absolute Gasteiger partial charge is 0.290 e. The fourth-order valence-electron chi connectivity index (χ4n) is 1.40. The minimum Gasteiger partial charge on any atom is -0.459 e. The Balaban J connectivity index is 2.75. The first-order valence-electron chi connectivity index (χ1n) is 5.11. The number of hydrogen-bond donors (Lipinski definition) is 1. The minimum atomic E-state index is -0.527. The van der Waals surface area contributed by atoms with Crippen LogP contribution in [0.1, 0.15) is 24.4 Å². The van der Waals surface area contributed by atoms with Gasteiger partial charge in [0.25, 0.3) is 5.91 Å². The SMILES string of the molecule is CC(C)CN(CC(N)=O)C(=O)c1ccco1. The average Bonchev–Trinajstić information content (AvgIpc) is 2.66. The van der Waals surface area contributed by atoms with Gasteiger partial charge in [0.2, 0.25) is 5.91 Å². The van der Waals surface area contributed by atoms with E-state index in [4.69, 9.17) is 10.2 Å². The van der Waals surface area contributed by atoms with Crippen LogP contribution in [0.2, 0.25) is 0 Å². The maximum absolute atomic E-state index is 11.9.